The minimum absolute atomic E-state index is 0.0906. The van der Waals surface area contributed by atoms with Crippen molar-refractivity contribution in [1.29, 1.82) is 0 Å². The lowest BCUT2D eigenvalue weighted by molar-refractivity contribution is -0.147. The summed E-state index contributed by atoms with van der Waals surface area (Å²) >= 11 is 0. The number of aliphatic hydroxyl groups is 1. The second kappa shape index (κ2) is 6.75. The topological polar surface area (TPSA) is 104 Å². The predicted molar refractivity (Wildman–Crippen MR) is 66.2 cm³/mol. The van der Waals surface area contributed by atoms with Crippen molar-refractivity contribution in [2.75, 3.05) is 6.61 Å². The number of ether oxygens (including phenoxy) is 1. The van der Waals surface area contributed by atoms with E-state index < -0.39 is 18.0 Å². The standard InChI is InChI=1S/C13H16O6/c1-2-19-12-8(6-7-10(14)15)4-3-5-9(12)11(16)13(17)18/h3-5,11,16H,2,6-7H2,1H3,(H,14,15)(H,17,18). The molecule has 0 amide bonds. The van der Waals surface area contributed by atoms with Crippen LogP contribution in [0.4, 0.5) is 0 Å². The van der Waals surface area contributed by atoms with Gasteiger partial charge in [-0.2, -0.15) is 0 Å². The SMILES string of the molecule is CCOc1c(CCC(=O)O)cccc1C(O)C(=O)O. The van der Waals surface area contributed by atoms with E-state index in [2.05, 4.69) is 0 Å². The number of para-hydroxylation sites is 1. The summed E-state index contributed by atoms with van der Waals surface area (Å²) in [7, 11) is 0. The molecule has 1 rings (SSSR count). The van der Waals surface area contributed by atoms with Gasteiger partial charge < -0.3 is 20.1 Å². The Bertz CT molecular complexity index is 468. The largest absolute Gasteiger partial charge is 0.493 e. The number of aryl methyl sites for hydroxylation is 1. The lowest BCUT2D eigenvalue weighted by atomic mass is 10.0. The highest BCUT2D eigenvalue weighted by atomic mass is 16.5. The van der Waals surface area contributed by atoms with Crippen LogP contribution in [-0.2, 0) is 16.0 Å². The first-order valence-corrected chi connectivity index (χ1v) is 5.84. The van der Waals surface area contributed by atoms with Crippen LogP contribution in [0.2, 0.25) is 0 Å². The van der Waals surface area contributed by atoms with Gasteiger partial charge in [0.15, 0.2) is 6.10 Å². The molecule has 0 bridgehead atoms. The van der Waals surface area contributed by atoms with Gasteiger partial charge in [0.25, 0.3) is 0 Å². The molecule has 0 saturated carbocycles. The van der Waals surface area contributed by atoms with Crippen LogP contribution in [-0.4, -0.2) is 33.9 Å². The molecule has 6 nitrogen and oxygen atoms in total. The number of carboxylic acid groups (broad SMARTS) is 2. The molecule has 1 atom stereocenters. The Morgan fingerprint density at radius 1 is 1.32 bits per heavy atom. The summed E-state index contributed by atoms with van der Waals surface area (Å²) in [4.78, 5) is 21.4. The Morgan fingerprint density at radius 2 is 2.00 bits per heavy atom. The zero-order chi connectivity index (χ0) is 14.4. The van der Waals surface area contributed by atoms with Crippen LogP contribution in [0.15, 0.2) is 18.2 Å². The van der Waals surface area contributed by atoms with Crippen molar-refractivity contribution in [3.05, 3.63) is 29.3 Å². The number of carbonyl (C=O) groups is 2. The number of aliphatic carboxylic acids is 2. The average Bonchev–Trinajstić information content (AvgIpc) is 2.36. The maximum atomic E-state index is 10.8. The highest BCUT2D eigenvalue weighted by Gasteiger charge is 2.22. The number of hydrogen-bond acceptors (Lipinski definition) is 4. The zero-order valence-electron chi connectivity index (χ0n) is 10.5. The molecule has 0 spiro atoms. The highest BCUT2D eigenvalue weighted by molar-refractivity contribution is 5.75. The summed E-state index contributed by atoms with van der Waals surface area (Å²) in [6.07, 6.45) is -1.57. The molecule has 6 heteroatoms. The molecule has 1 unspecified atom stereocenters. The third-order valence-corrected chi connectivity index (χ3v) is 2.55. The summed E-state index contributed by atoms with van der Waals surface area (Å²) in [6.45, 7) is 2.02. The van der Waals surface area contributed by atoms with Crippen molar-refractivity contribution in [2.45, 2.75) is 25.9 Å². The summed E-state index contributed by atoms with van der Waals surface area (Å²) < 4.78 is 5.36. The molecule has 104 valence electrons. The van der Waals surface area contributed by atoms with Crippen molar-refractivity contribution in [2.24, 2.45) is 0 Å². The van der Waals surface area contributed by atoms with Gasteiger partial charge >= 0.3 is 11.9 Å². The number of hydrogen-bond donors (Lipinski definition) is 3. The van der Waals surface area contributed by atoms with Crippen LogP contribution in [0.25, 0.3) is 0 Å². The number of aliphatic hydroxyl groups excluding tert-OH is 1. The molecule has 1 aromatic rings. The fourth-order valence-corrected chi connectivity index (χ4v) is 1.71. The molecule has 3 N–H and O–H groups in total. The normalized spacial score (nSPS) is 11.9. The van der Waals surface area contributed by atoms with Gasteiger partial charge in [0.05, 0.1) is 6.61 Å². The lowest BCUT2D eigenvalue weighted by Crippen LogP contribution is -2.13. The Kier molecular flexibility index (Phi) is 5.32. The van der Waals surface area contributed by atoms with Crippen molar-refractivity contribution in [1.82, 2.24) is 0 Å². The molecule has 0 aliphatic carbocycles. The first kappa shape index (κ1) is 15.0. The second-order valence-corrected chi connectivity index (χ2v) is 3.90. The Hall–Kier alpha value is -2.08. The maximum Gasteiger partial charge on any atom is 0.337 e. The minimum atomic E-state index is -1.69. The monoisotopic (exact) mass is 268 g/mol. The molecule has 0 aliphatic rings. The van der Waals surface area contributed by atoms with Gasteiger partial charge in [-0.3, -0.25) is 4.79 Å². The van der Waals surface area contributed by atoms with E-state index in [0.717, 1.165) is 0 Å². The van der Waals surface area contributed by atoms with E-state index in [0.29, 0.717) is 12.2 Å². The number of carboxylic acids is 2. The van der Waals surface area contributed by atoms with E-state index in [-0.39, 0.29) is 24.2 Å². The van der Waals surface area contributed by atoms with Crippen LogP contribution < -0.4 is 4.74 Å². The molecule has 0 radical (unpaired) electrons. The van der Waals surface area contributed by atoms with Gasteiger partial charge in [-0.05, 0) is 18.9 Å². The average molecular weight is 268 g/mol. The van der Waals surface area contributed by atoms with E-state index >= 15 is 0 Å². The first-order valence-electron chi connectivity index (χ1n) is 5.84. The minimum Gasteiger partial charge on any atom is -0.493 e. The van der Waals surface area contributed by atoms with Crippen LogP contribution in [0.3, 0.4) is 0 Å². The summed E-state index contributed by atoms with van der Waals surface area (Å²) in [6, 6.07) is 4.68. The highest BCUT2D eigenvalue weighted by Crippen LogP contribution is 2.30. The molecule has 1 aromatic carbocycles. The van der Waals surface area contributed by atoms with Crippen molar-refractivity contribution < 1.29 is 29.6 Å². The third-order valence-electron chi connectivity index (χ3n) is 2.55. The Balaban J connectivity index is 3.13. The molecule has 0 fully saturated rings. The summed E-state index contributed by atoms with van der Waals surface area (Å²) in [5, 5.41) is 27.1. The van der Waals surface area contributed by atoms with Crippen molar-refractivity contribution in [3.63, 3.8) is 0 Å². The number of benzene rings is 1. The Labute approximate surface area is 110 Å². The van der Waals surface area contributed by atoms with Crippen LogP contribution in [0.1, 0.15) is 30.6 Å². The predicted octanol–water partition coefficient (Wildman–Crippen LogP) is 1.22. The van der Waals surface area contributed by atoms with E-state index in [4.69, 9.17) is 14.9 Å². The van der Waals surface area contributed by atoms with Crippen molar-refractivity contribution in [3.8, 4) is 5.75 Å². The van der Waals surface area contributed by atoms with Crippen LogP contribution >= 0.6 is 0 Å². The maximum absolute atomic E-state index is 10.8. The second-order valence-electron chi connectivity index (χ2n) is 3.90. The molecule has 0 saturated heterocycles. The molecule has 0 aromatic heterocycles. The molecule has 19 heavy (non-hydrogen) atoms. The quantitative estimate of drug-likeness (QED) is 0.687. The van der Waals surface area contributed by atoms with Crippen LogP contribution in [0.5, 0.6) is 5.75 Å². The molecule has 0 aliphatic heterocycles. The van der Waals surface area contributed by atoms with Gasteiger partial charge in [0.1, 0.15) is 5.75 Å². The summed E-state index contributed by atoms with van der Waals surface area (Å²) in [5.41, 5.74) is 0.708. The zero-order valence-corrected chi connectivity index (χ0v) is 10.5. The summed E-state index contributed by atoms with van der Waals surface area (Å²) in [5.74, 6) is -2.08. The first-order chi connectivity index (χ1) is 8.97. The van der Waals surface area contributed by atoms with Crippen LogP contribution in [0, 0.1) is 0 Å². The van der Waals surface area contributed by atoms with E-state index in [1.54, 1.807) is 19.1 Å². The fraction of sp³-hybridized carbons (Fsp3) is 0.385. The van der Waals surface area contributed by atoms with E-state index in [1.807, 2.05) is 0 Å². The van der Waals surface area contributed by atoms with E-state index in [1.165, 1.54) is 6.07 Å². The van der Waals surface area contributed by atoms with Gasteiger partial charge in [-0.15, -0.1) is 0 Å². The number of rotatable bonds is 7. The van der Waals surface area contributed by atoms with Crippen molar-refractivity contribution >= 4 is 11.9 Å². The van der Waals surface area contributed by atoms with Gasteiger partial charge in [-0.1, -0.05) is 18.2 Å². The molecule has 0 heterocycles. The Morgan fingerprint density at radius 3 is 2.53 bits per heavy atom. The third kappa shape index (κ3) is 3.96. The van der Waals surface area contributed by atoms with Gasteiger partial charge in [0, 0.05) is 12.0 Å². The van der Waals surface area contributed by atoms with E-state index in [9.17, 15) is 14.7 Å². The fourth-order valence-electron chi connectivity index (χ4n) is 1.71. The molecular formula is C13H16O6. The smallest absolute Gasteiger partial charge is 0.337 e. The molecular weight excluding hydrogens is 252 g/mol. The lowest BCUT2D eigenvalue weighted by Gasteiger charge is -2.16. The van der Waals surface area contributed by atoms with Gasteiger partial charge in [-0.25, -0.2) is 4.79 Å². The van der Waals surface area contributed by atoms with Gasteiger partial charge in [0.2, 0.25) is 0 Å².